The number of carbonyl (C=O) groups is 1. The third kappa shape index (κ3) is 4.15. The number of anilines is 1. The van der Waals surface area contributed by atoms with Crippen LogP contribution in [0.15, 0.2) is 28.7 Å². The van der Waals surface area contributed by atoms with E-state index in [1.807, 2.05) is 11.6 Å². The Morgan fingerprint density at radius 1 is 1.25 bits per heavy atom. The third-order valence-electron chi connectivity index (χ3n) is 4.37. The molecule has 2 heterocycles. The summed E-state index contributed by atoms with van der Waals surface area (Å²) in [5.74, 6) is 2.06. The zero-order valence-corrected chi connectivity index (χ0v) is 18.0. The van der Waals surface area contributed by atoms with E-state index in [9.17, 15) is 4.79 Å². The van der Waals surface area contributed by atoms with Crippen molar-refractivity contribution in [1.82, 2.24) is 14.8 Å². The SMILES string of the molecule is COc1ccc(OC)c(NC(=O)CSc2nnc(-c3csc(C)c3C)n2C)c1. The number of hydrogen-bond acceptors (Lipinski definition) is 7. The van der Waals surface area contributed by atoms with Crippen LogP contribution >= 0.6 is 23.1 Å². The van der Waals surface area contributed by atoms with Gasteiger partial charge in [0.05, 0.1) is 25.7 Å². The van der Waals surface area contributed by atoms with Crippen molar-refractivity contribution >= 4 is 34.7 Å². The number of aryl methyl sites for hydroxylation is 1. The molecule has 1 N–H and O–H groups in total. The average molecular weight is 419 g/mol. The van der Waals surface area contributed by atoms with Gasteiger partial charge in [-0.1, -0.05) is 11.8 Å². The summed E-state index contributed by atoms with van der Waals surface area (Å²) >= 11 is 3.03. The van der Waals surface area contributed by atoms with Crippen LogP contribution in [0.2, 0.25) is 0 Å². The number of amides is 1. The zero-order chi connectivity index (χ0) is 20.3. The summed E-state index contributed by atoms with van der Waals surface area (Å²) in [6.45, 7) is 4.17. The summed E-state index contributed by atoms with van der Waals surface area (Å²) in [6, 6.07) is 5.25. The molecule has 148 valence electrons. The maximum absolute atomic E-state index is 12.4. The molecule has 0 aliphatic rings. The van der Waals surface area contributed by atoms with E-state index in [-0.39, 0.29) is 11.7 Å². The molecular weight excluding hydrogens is 396 g/mol. The number of carbonyl (C=O) groups excluding carboxylic acids is 1. The Morgan fingerprint density at radius 3 is 2.68 bits per heavy atom. The lowest BCUT2D eigenvalue weighted by atomic mass is 10.2. The number of aromatic nitrogens is 3. The Bertz CT molecular complexity index is 997. The minimum Gasteiger partial charge on any atom is -0.497 e. The molecule has 7 nitrogen and oxygen atoms in total. The summed E-state index contributed by atoms with van der Waals surface area (Å²) < 4.78 is 12.4. The average Bonchev–Trinajstić information content (AvgIpc) is 3.22. The molecule has 0 saturated carbocycles. The molecule has 0 unspecified atom stereocenters. The minimum absolute atomic E-state index is 0.163. The van der Waals surface area contributed by atoms with Crippen LogP contribution in [-0.2, 0) is 11.8 Å². The summed E-state index contributed by atoms with van der Waals surface area (Å²) in [5.41, 5.74) is 2.85. The zero-order valence-electron chi connectivity index (χ0n) is 16.4. The lowest BCUT2D eigenvalue weighted by Gasteiger charge is -2.11. The maximum atomic E-state index is 12.4. The number of methoxy groups -OCH3 is 2. The molecule has 0 fully saturated rings. The standard InChI is InChI=1S/C19H22N4O3S2/c1-11-12(2)27-9-14(11)18-21-22-19(23(18)3)28-10-17(24)20-15-8-13(25-4)6-7-16(15)26-5/h6-9H,10H2,1-5H3,(H,20,24). The number of benzene rings is 1. The second-order valence-corrected chi connectivity index (χ2v) is 8.13. The molecule has 0 aliphatic carbocycles. The van der Waals surface area contributed by atoms with Gasteiger partial charge in [0.2, 0.25) is 5.91 Å². The predicted octanol–water partition coefficient (Wildman–Crippen LogP) is 3.91. The second kappa shape index (κ2) is 8.66. The van der Waals surface area contributed by atoms with Crippen LogP contribution in [0.4, 0.5) is 5.69 Å². The first-order valence-electron chi connectivity index (χ1n) is 8.53. The van der Waals surface area contributed by atoms with Crippen molar-refractivity contribution in [3.8, 4) is 22.9 Å². The molecule has 0 aliphatic heterocycles. The van der Waals surface area contributed by atoms with E-state index in [0.29, 0.717) is 22.3 Å². The van der Waals surface area contributed by atoms with Crippen molar-refractivity contribution < 1.29 is 14.3 Å². The molecule has 3 aromatic rings. The highest BCUT2D eigenvalue weighted by Gasteiger charge is 2.17. The molecule has 0 bridgehead atoms. The number of nitrogens with one attached hydrogen (secondary N) is 1. The highest BCUT2D eigenvalue weighted by Crippen LogP contribution is 2.31. The molecule has 0 radical (unpaired) electrons. The Balaban J connectivity index is 1.68. The second-order valence-electron chi connectivity index (χ2n) is 6.10. The Labute approximate surface area is 172 Å². The van der Waals surface area contributed by atoms with Gasteiger partial charge >= 0.3 is 0 Å². The van der Waals surface area contributed by atoms with Gasteiger partial charge in [0, 0.05) is 28.9 Å². The molecule has 3 rings (SSSR count). The van der Waals surface area contributed by atoms with Crippen LogP contribution in [0.3, 0.4) is 0 Å². The summed E-state index contributed by atoms with van der Waals surface area (Å²) in [6.07, 6.45) is 0. The molecule has 28 heavy (non-hydrogen) atoms. The number of thiophene rings is 1. The van der Waals surface area contributed by atoms with Crippen LogP contribution in [-0.4, -0.2) is 40.6 Å². The largest absolute Gasteiger partial charge is 0.497 e. The molecule has 0 atom stereocenters. The topological polar surface area (TPSA) is 78.3 Å². The molecule has 2 aromatic heterocycles. The van der Waals surface area contributed by atoms with Crippen molar-refractivity contribution in [2.75, 3.05) is 25.3 Å². The normalized spacial score (nSPS) is 10.8. The lowest BCUT2D eigenvalue weighted by molar-refractivity contribution is -0.113. The summed E-state index contributed by atoms with van der Waals surface area (Å²) in [7, 11) is 5.04. The quantitative estimate of drug-likeness (QED) is 0.586. The van der Waals surface area contributed by atoms with E-state index in [1.54, 1.807) is 43.8 Å². The van der Waals surface area contributed by atoms with Gasteiger partial charge in [0.15, 0.2) is 11.0 Å². The summed E-state index contributed by atoms with van der Waals surface area (Å²) in [4.78, 5) is 13.7. The molecule has 9 heteroatoms. The molecule has 0 spiro atoms. The maximum Gasteiger partial charge on any atom is 0.234 e. The van der Waals surface area contributed by atoms with Gasteiger partial charge in [-0.15, -0.1) is 21.5 Å². The van der Waals surface area contributed by atoms with E-state index < -0.39 is 0 Å². The Hall–Kier alpha value is -2.52. The fourth-order valence-corrected chi connectivity index (χ4v) is 4.21. The van der Waals surface area contributed by atoms with E-state index in [1.165, 1.54) is 22.2 Å². The van der Waals surface area contributed by atoms with Gasteiger partial charge in [-0.3, -0.25) is 4.79 Å². The number of ether oxygens (including phenoxy) is 2. The van der Waals surface area contributed by atoms with E-state index in [4.69, 9.17) is 9.47 Å². The van der Waals surface area contributed by atoms with E-state index in [0.717, 1.165) is 11.4 Å². The fourth-order valence-electron chi connectivity index (χ4n) is 2.64. The number of hydrogen-bond donors (Lipinski definition) is 1. The van der Waals surface area contributed by atoms with Crippen LogP contribution in [0, 0.1) is 13.8 Å². The molecular formula is C19H22N4O3S2. The number of thioether (sulfide) groups is 1. The van der Waals surface area contributed by atoms with Crippen LogP contribution in [0.5, 0.6) is 11.5 Å². The predicted molar refractivity (Wildman–Crippen MR) is 113 cm³/mol. The van der Waals surface area contributed by atoms with Gasteiger partial charge in [0.1, 0.15) is 11.5 Å². The van der Waals surface area contributed by atoms with E-state index in [2.05, 4.69) is 34.7 Å². The lowest BCUT2D eigenvalue weighted by Crippen LogP contribution is -2.15. The van der Waals surface area contributed by atoms with Gasteiger partial charge in [-0.05, 0) is 31.5 Å². The smallest absolute Gasteiger partial charge is 0.234 e. The Morgan fingerprint density at radius 2 is 2.04 bits per heavy atom. The minimum atomic E-state index is -0.163. The van der Waals surface area contributed by atoms with Gasteiger partial charge < -0.3 is 19.4 Å². The van der Waals surface area contributed by atoms with Crippen LogP contribution in [0.25, 0.3) is 11.4 Å². The van der Waals surface area contributed by atoms with E-state index >= 15 is 0 Å². The monoisotopic (exact) mass is 418 g/mol. The van der Waals surface area contributed by atoms with Crippen molar-refractivity contribution in [1.29, 1.82) is 0 Å². The molecule has 1 aromatic carbocycles. The fraction of sp³-hybridized carbons (Fsp3) is 0.316. The highest BCUT2D eigenvalue weighted by molar-refractivity contribution is 7.99. The van der Waals surface area contributed by atoms with Gasteiger partial charge in [-0.25, -0.2) is 0 Å². The third-order valence-corrected chi connectivity index (χ3v) is 6.41. The Kier molecular flexibility index (Phi) is 6.25. The van der Waals surface area contributed by atoms with Crippen molar-refractivity contribution in [3.05, 3.63) is 34.0 Å². The number of rotatable bonds is 7. The van der Waals surface area contributed by atoms with Crippen molar-refractivity contribution in [2.45, 2.75) is 19.0 Å². The van der Waals surface area contributed by atoms with Crippen LogP contribution < -0.4 is 14.8 Å². The first-order valence-corrected chi connectivity index (χ1v) is 10.4. The van der Waals surface area contributed by atoms with Crippen molar-refractivity contribution in [2.24, 2.45) is 7.05 Å². The first kappa shape index (κ1) is 20.2. The van der Waals surface area contributed by atoms with Crippen LogP contribution in [0.1, 0.15) is 10.4 Å². The summed E-state index contributed by atoms with van der Waals surface area (Å²) in [5, 5.41) is 14.2. The molecule has 0 saturated heterocycles. The molecule has 1 amide bonds. The van der Waals surface area contributed by atoms with Crippen molar-refractivity contribution in [3.63, 3.8) is 0 Å². The number of nitrogens with zero attached hydrogens (tertiary/aromatic N) is 3. The van der Waals surface area contributed by atoms with Gasteiger partial charge in [0.25, 0.3) is 0 Å². The first-order chi connectivity index (χ1) is 13.4. The van der Waals surface area contributed by atoms with Gasteiger partial charge in [-0.2, -0.15) is 0 Å². The highest BCUT2D eigenvalue weighted by atomic mass is 32.2.